The molecule has 4 heteroatoms. The molecule has 0 aliphatic rings. The van der Waals surface area contributed by atoms with E-state index >= 15 is 0 Å². The number of benzene rings is 1. The van der Waals surface area contributed by atoms with Crippen LogP contribution in [0.2, 0.25) is 10.3 Å². The van der Waals surface area contributed by atoms with Gasteiger partial charge in [0.1, 0.15) is 10.3 Å². The molecule has 0 radical (unpaired) electrons. The minimum atomic E-state index is 0.205. The number of halogens is 2. The van der Waals surface area contributed by atoms with Gasteiger partial charge >= 0.3 is 0 Å². The van der Waals surface area contributed by atoms with Crippen LogP contribution in [0.5, 0.6) is 0 Å². The first-order valence-electron chi connectivity index (χ1n) is 6.35. The third kappa shape index (κ3) is 3.07. The van der Waals surface area contributed by atoms with E-state index in [0.29, 0.717) is 16.1 Å². The SMILES string of the molecule is CCc1ccc(-c2nc(Cl)c(C(C)C)c(Cl)n2)cc1. The maximum absolute atomic E-state index is 6.20. The number of hydrogen-bond donors (Lipinski definition) is 0. The Morgan fingerprint density at radius 1 is 1.00 bits per heavy atom. The normalized spacial score (nSPS) is 11.1. The maximum Gasteiger partial charge on any atom is 0.162 e. The van der Waals surface area contributed by atoms with Crippen molar-refractivity contribution in [1.29, 1.82) is 0 Å². The Morgan fingerprint density at radius 2 is 1.53 bits per heavy atom. The Bertz CT molecular complexity index is 554. The van der Waals surface area contributed by atoms with Gasteiger partial charge in [-0.2, -0.15) is 0 Å². The molecule has 19 heavy (non-hydrogen) atoms. The fourth-order valence-electron chi connectivity index (χ4n) is 1.91. The largest absolute Gasteiger partial charge is 0.216 e. The topological polar surface area (TPSA) is 25.8 Å². The zero-order valence-electron chi connectivity index (χ0n) is 11.2. The zero-order valence-corrected chi connectivity index (χ0v) is 12.8. The molecule has 1 aromatic heterocycles. The van der Waals surface area contributed by atoms with E-state index in [9.17, 15) is 0 Å². The first-order valence-corrected chi connectivity index (χ1v) is 7.10. The molecule has 1 aromatic carbocycles. The number of aromatic nitrogens is 2. The maximum atomic E-state index is 6.20. The fraction of sp³-hybridized carbons (Fsp3) is 0.333. The molecule has 100 valence electrons. The van der Waals surface area contributed by atoms with Crippen molar-refractivity contribution >= 4 is 23.2 Å². The lowest BCUT2D eigenvalue weighted by Gasteiger charge is -2.11. The van der Waals surface area contributed by atoms with E-state index in [1.54, 1.807) is 0 Å². The number of aryl methyl sites for hydroxylation is 1. The Kier molecular flexibility index (Phi) is 4.43. The summed E-state index contributed by atoms with van der Waals surface area (Å²) in [4.78, 5) is 8.70. The van der Waals surface area contributed by atoms with Crippen molar-refractivity contribution in [2.45, 2.75) is 33.1 Å². The third-order valence-corrected chi connectivity index (χ3v) is 3.63. The summed E-state index contributed by atoms with van der Waals surface area (Å²) in [5.74, 6) is 0.776. The Morgan fingerprint density at radius 3 is 1.95 bits per heavy atom. The lowest BCUT2D eigenvalue weighted by atomic mass is 10.1. The molecule has 2 rings (SSSR count). The van der Waals surface area contributed by atoms with Gasteiger partial charge < -0.3 is 0 Å². The predicted octanol–water partition coefficient (Wildman–Crippen LogP) is 5.14. The van der Waals surface area contributed by atoms with Crippen LogP contribution in [-0.2, 0) is 6.42 Å². The van der Waals surface area contributed by atoms with Crippen molar-refractivity contribution in [2.24, 2.45) is 0 Å². The van der Waals surface area contributed by atoms with Crippen molar-refractivity contribution in [3.05, 3.63) is 45.7 Å². The molecule has 0 fully saturated rings. The molecule has 0 N–H and O–H groups in total. The summed E-state index contributed by atoms with van der Waals surface area (Å²) in [7, 11) is 0. The Balaban J connectivity index is 2.45. The van der Waals surface area contributed by atoms with Gasteiger partial charge in [0, 0.05) is 11.1 Å². The van der Waals surface area contributed by atoms with Crippen molar-refractivity contribution in [3.8, 4) is 11.4 Å². The second-order valence-electron chi connectivity index (χ2n) is 4.75. The monoisotopic (exact) mass is 294 g/mol. The van der Waals surface area contributed by atoms with Crippen LogP contribution in [0.1, 0.15) is 37.8 Å². The zero-order chi connectivity index (χ0) is 14.0. The van der Waals surface area contributed by atoms with E-state index in [-0.39, 0.29) is 5.92 Å². The van der Waals surface area contributed by atoms with Crippen LogP contribution in [0.15, 0.2) is 24.3 Å². The van der Waals surface area contributed by atoms with Crippen molar-refractivity contribution in [1.82, 2.24) is 9.97 Å². The van der Waals surface area contributed by atoms with Gasteiger partial charge in [-0.25, -0.2) is 9.97 Å². The lowest BCUT2D eigenvalue weighted by molar-refractivity contribution is 0.848. The summed E-state index contributed by atoms with van der Waals surface area (Å²) < 4.78 is 0. The molecule has 2 nitrogen and oxygen atoms in total. The van der Waals surface area contributed by atoms with E-state index in [1.807, 2.05) is 26.0 Å². The molecule has 0 aliphatic heterocycles. The van der Waals surface area contributed by atoms with Crippen LogP contribution in [0.25, 0.3) is 11.4 Å². The first kappa shape index (κ1) is 14.3. The van der Waals surface area contributed by atoms with Crippen LogP contribution < -0.4 is 0 Å². The fourth-order valence-corrected chi connectivity index (χ4v) is 2.74. The standard InChI is InChI=1S/C15H16Cl2N2/c1-4-10-5-7-11(8-6-10)15-18-13(16)12(9(2)3)14(17)19-15/h5-9H,4H2,1-3H3. The van der Waals surface area contributed by atoms with Gasteiger partial charge in [0.05, 0.1) is 0 Å². The van der Waals surface area contributed by atoms with Gasteiger partial charge in [-0.1, -0.05) is 68.2 Å². The Labute approximate surface area is 123 Å². The smallest absolute Gasteiger partial charge is 0.162 e. The minimum absolute atomic E-state index is 0.205. The molecule has 0 atom stereocenters. The molecule has 0 bridgehead atoms. The summed E-state index contributed by atoms with van der Waals surface area (Å²) in [5.41, 5.74) is 3.01. The minimum Gasteiger partial charge on any atom is -0.216 e. The Hall–Kier alpha value is -1.12. The second kappa shape index (κ2) is 5.89. The molecule has 0 saturated carbocycles. The molecule has 2 aromatic rings. The molecule has 0 aliphatic carbocycles. The highest BCUT2D eigenvalue weighted by Crippen LogP contribution is 2.31. The lowest BCUT2D eigenvalue weighted by Crippen LogP contribution is -1.99. The molecular weight excluding hydrogens is 279 g/mol. The highest BCUT2D eigenvalue weighted by molar-refractivity contribution is 6.34. The predicted molar refractivity (Wildman–Crippen MR) is 81.0 cm³/mol. The molecular formula is C15H16Cl2N2. The second-order valence-corrected chi connectivity index (χ2v) is 5.46. The van der Waals surface area contributed by atoms with Gasteiger partial charge in [-0.05, 0) is 17.9 Å². The van der Waals surface area contributed by atoms with Crippen LogP contribution >= 0.6 is 23.2 Å². The van der Waals surface area contributed by atoms with E-state index in [0.717, 1.165) is 17.5 Å². The molecule has 0 amide bonds. The van der Waals surface area contributed by atoms with E-state index in [2.05, 4.69) is 29.0 Å². The number of hydrogen-bond acceptors (Lipinski definition) is 2. The van der Waals surface area contributed by atoms with Crippen molar-refractivity contribution in [2.75, 3.05) is 0 Å². The average molecular weight is 295 g/mol. The van der Waals surface area contributed by atoms with Crippen LogP contribution in [0.4, 0.5) is 0 Å². The van der Waals surface area contributed by atoms with Gasteiger partial charge in [0.2, 0.25) is 0 Å². The van der Waals surface area contributed by atoms with E-state index < -0.39 is 0 Å². The highest BCUT2D eigenvalue weighted by atomic mass is 35.5. The average Bonchev–Trinajstić information content (AvgIpc) is 2.37. The summed E-state index contributed by atoms with van der Waals surface area (Å²) in [6, 6.07) is 8.12. The molecule has 0 saturated heterocycles. The number of rotatable bonds is 3. The van der Waals surface area contributed by atoms with Crippen molar-refractivity contribution < 1.29 is 0 Å². The quantitative estimate of drug-likeness (QED) is 0.733. The van der Waals surface area contributed by atoms with Gasteiger partial charge in [0.25, 0.3) is 0 Å². The molecule has 1 heterocycles. The van der Waals surface area contributed by atoms with E-state index in [4.69, 9.17) is 23.2 Å². The van der Waals surface area contributed by atoms with Gasteiger partial charge in [-0.15, -0.1) is 0 Å². The summed E-state index contributed by atoms with van der Waals surface area (Å²) in [6.07, 6.45) is 1.01. The highest BCUT2D eigenvalue weighted by Gasteiger charge is 2.15. The summed E-state index contributed by atoms with van der Waals surface area (Å²) >= 11 is 12.4. The number of nitrogens with zero attached hydrogens (tertiary/aromatic N) is 2. The van der Waals surface area contributed by atoms with Gasteiger partial charge in [-0.3, -0.25) is 0 Å². The van der Waals surface area contributed by atoms with Crippen LogP contribution in [-0.4, -0.2) is 9.97 Å². The first-order chi connectivity index (χ1) is 9.02. The van der Waals surface area contributed by atoms with Crippen molar-refractivity contribution in [3.63, 3.8) is 0 Å². The summed E-state index contributed by atoms with van der Waals surface area (Å²) in [5, 5.41) is 0.870. The third-order valence-electron chi connectivity index (χ3n) is 3.05. The molecule has 0 spiro atoms. The van der Waals surface area contributed by atoms with Crippen LogP contribution in [0, 0.1) is 0 Å². The van der Waals surface area contributed by atoms with Gasteiger partial charge in [0.15, 0.2) is 5.82 Å². The molecule has 0 unspecified atom stereocenters. The van der Waals surface area contributed by atoms with E-state index in [1.165, 1.54) is 5.56 Å². The summed E-state index contributed by atoms with van der Waals surface area (Å²) in [6.45, 7) is 6.16. The van der Waals surface area contributed by atoms with Crippen LogP contribution in [0.3, 0.4) is 0 Å².